The Hall–Kier alpha value is -0.290. The van der Waals surface area contributed by atoms with Crippen LogP contribution in [0.1, 0.15) is 0 Å². The Bertz CT molecular complexity index is 402. The van der Waals surface area contributed by atoms with Crippen molar-refractivity contribution in [3.05, 3.63) is 28.2 Å². The molecule has 6 heteroatoms. The quantitative estimate of drug-likeness (QED) is 0.733. The summed E-state index contributed by atoms with van der Waals surface area (Å²) in [5.41, 5.74) is 0. The Morgan fingerprint density at radius 1 is 1.25 bits per heavy atom. The first kappa shape index (κ1) is 9.80. The molecule has 0 heterocycles. The Kier molecular flexibility index (Phi) is 2.63. The van der Waals surface area contributed by atoms with Crippen LogP contribution in [0.4, 0.5) is 0 Å². The summed E-state index contributed by atoms with van der Waals surface area (Å²) >= 11 is 11.1. The Balaban J connectivity index is 3.47. The number of benzene rings is 1. The van der Waals surface area contributed by atoms with Crippen molar-refractivity contribution >= 4 is 33.2 Å². The molecule has 0 saturated carbocycles. The maximum atomic E-state index is 10.7. The Labute approximate surface area is 80.1 Å². The largest absolute Gasteiger partial charge is 0.255 e. The molecule has 1 radical (unpaired) electrons. The number of sulfonamides is 1. The molecule has 65 valence electrons. The highest BCUT2D eigenvalue weighted by Gasteiger charge is 2.14. The van der Waals surface area contributed by atoms with E-state index < -0.39 is 10.0 Å². The molecule has 3 nitrogen and oxygen atoms in total. The number of hydrogen-bond acceptors (Lipinski definition) is 2. The van der Waals surface area contributed by atoms with Crippen molar-refractivity contribution in [1.29, 1.82) is 0 Å². The van der Waals surface area contributed by atoms with Gasteiger partial charge in [0, 0.05) is 0 Å². The number of nitrogens with one attached hydrogen (secondary N) is 1. The van der Waals surface area contributed by atoms with Crippen molar-refractivity contribution < 1.29 is 8.42 Å². The molecule has 0 aromatic heterocycles. The molecule has 0 unspecified atom stereocenters. The van der Waals surface area contributed by atoms with Gasteiger partial charge in [0.2, 0.25) is 0 Å². The van der Waals surface area contributed by atoms with E-state index in [4.69, 9.17) is 28.3 Å². The highest BCUT2D eigenvalue weighted by molar-refractivity contribution is 7.89. The first-order valence-corrected chi connectivity index (χ1v) is 5.10. The lowest BCUT2D eigenvalue weighted by molar-refractivity contribution is 0.596. The van der Waals surface area contributed by atoms with Crippen molar-refractivity contribution in [1.82, 2.24) is 5.14 Å². The second-order valence-corrected chi connectivity index (χ2v) is 4.29. The lowest BCUT2D eigenvalue weighted by Crippen LogP contribution is -2.01. The van der Waals surface area contributed by atoms with E-state index in [1.165, 1.54) is 18.2 Å². The lowest BCUT2D eigenvalue weighted by Gasteiger charge is -2.00. The van der Waals surface area contributed by atoms with Gasteiger partial charge in [-0.25, -0.2) is 8.42 Å². The van der Waals surface area contributed by atoms with E-state index in [1.807, 2.05) is 0 Å². The van der Waals surface area contributed by atoms with Crippen LogP contribution in [0.15, 0.2) is 23.1 Å². The van der Waals surface area contributed by atoms with Crippen LogP contribution in [-0.4, -0.2) is 8.42 Å². The third kappa shape index (κ3) is 1.90. The van der Waals surface area contributed by atoms with Gasteiger partial charge in [0.1, 0.15) is 4.90 Å². The predicted molar refractivity (Wildman–Crippen MR) is 46.7 cm³/mol. The van der Waals surface area contributed by atoms with Crippen LogP contribution in [0.2, 0.25) is 10.0 Å². The van der Waals surface area contributed by atoms with Gasteiger partial charge in [0.15, 0.2) is 0 Å². The van der Waals surface area contributed by atoms with Gasteiger partial charge in [-0.2, -0.15) is 0 Å². The second kappa shape index (κ2) is 3.22. The zero-order valence-electron chi connectivity index (χ0n) is 5.71. The maximum Gasteiger partial charge on any atom is 0.255 e. The van der Waals surface area contributed by atoms with Gasteiger partial charge in [-0.1, -0.05) is 29.3 Å². The van der Waals surface area contributed by atoms with E-state index in [0.717, 1.165) is 0 Å². The van der Waals surface area contributed by atoms with Gasteiger partial charge in [-0.15, -0.1) is 5.14 Å². The smallest absolute Gasteiger partial charge is 0.206 e. The molecule has 0 aliphatic carbocycles. The van der Waals surface area contributed by atoms with Gasteiger partial charge < -0.3 is 0 Å². The van der Waals surface area contributed by atoms with Crippen LogP contribution in [0.3, 0.4) is 0 Å². The molecular formula is C6H4Cl2NO2S. The normalized spacial score (nSPS) is 11.6. The standard InChI is InChI=1S/C6H4Cl2NO2S/c7-4-2-1-3-5(6(4)8)12(9,10)11/h1-3,9H. The van der Waals surface area contributed by atoms with Crippen LogP contribution >= 0.6 is 23.2 Å². The van der Waals surface area contributed by atoms with Gasteiger partial charge in [0.05, 0.1) is 10.0 Å². The summed E-state index contributed by atoms with van der Waals surface area (Å²) in [6, 6.07) is 4.12. The minimum atomic E-state index is -4.02. The van der Waals surface area contributed by atoms with Crippen molar-refractivity contribution in [3.8, 4) is 0 Å². The summed E-state index contributed by atoms with van der Waals surface area (Å²) in [6.45, 7) is 0. The minimum Gasteiger partial charge on any atom is -0.206 e. The fraction of sp³-hybridized carbons (Fsp3) is 0. The third-order valence-corrected chi connectivity index (χ3v) is 3.06. The molecule has 0 spiro atoms. The molecular weight excluding hydrogens is 221 g/mol. The second-order valence-electron chi connectivity index (χ2n) is 2.06. The maximum absolute atomic E-state index is 10.7. The topological polar surface area (TPSA) is 57.9 Å². The fourth-order valence-corrected chi connectivity index (χ4v) is 1.96. The Morgan fingerprint density at radius 2 is 1.83 bits per heavy atom. The van der Waals surface area contributed by atoms with Crippen LogP contribution in [0, 0.1) is 0 Å². The first-order valence-electron chi connectivity index (χ1n) is 2.86. The Morgan fingerprint density at radius 3 is 2.25 bits per heavy atom. The summed E-state index contributed by atoms with van der Waals surface area (Å²) in [5.74, 6) is 0. The first-order chi connectivity index (χ1) is 5.43. The molecule has 0 aliphatic rings. The summed E-state index contributed by atoms with van der Waals surface area (Å²) < 4.78 is 21.5. The molecule has 1 N–H and O–H groups in total. The van der Waals surface area contributed by atoms with Gasteiger partial charge >= 0.3 is 0 Å². The monoisotopic (exact) mass is 224 g/mol. The van der Waals surface area contributed by atoms with Gasteiger partial charge in [-0.3, -0.25) is 0 Å². The summed E-state index contributed by atoms with van der Waals surface area (Å²) in [7, 11) is -4.02. The molecule has 12 heavy (non-hydrogen) atoms. The molecule has 1 rings (SSSR count). The fourth-order valence-electron chi connectivity index (χ4n) is 0.692. The van der Waals surface area contributed by atoms with Crippen LogP contribution in [0.5, 0.6) is 0 Å². The molecule has 0 fully saturated rings. The van der Waals surface area contributed by atoms with E-state index in [1.54, 1.807) is 0 Å². The summed E-state index contributed by atoms with van der Waals surface area (Å²) in [6.07, 6.45) is 0. The van der Waals surface area contributed by atoms with E-state index in [9.17, 15) is 8.42 Å². The van der Waals surface area contributed by atoms with Crippen molar-refractivity contribution in [3.63, 3.8) is 0 Å². The lowest BCUT2D eigenvalue weighted by atomic mass is 10.4. The molecule has 1 aromatic rings. The van der Waals surface area contributed by atoms with E-state index in [0.29, 0.717) is 0 Å². The molecule has 0 bridgehead atoms. The highest BCUT2D eigenvalue weighted by atomic mass is 35.5. The van der Waals surface area contributed by atoms with Crippen LogP contribution in [-0.2, 0) is 10.0 Å². The van der Waals surface area contributed by atoms with Crippen molar-refractivity contribution in [2.45, 2.75) is 4.90 Å². The van der Waals surface area contributed by atoms with E-state index in [-0.39, 0.29) is 14.9 Å². The predicted octanol–water partition coefficient (Wildman–Crippen LogP) is 1.97. The van der Waals surface area contributed by atoms with E-state index in [2.05, 4.69) is 0 Å². The minimum absolute atomic E-state index is 0.103. The molecule has 0 amide bonds. The van der Waals surface area contributed by atoms with Crippen LogP contribution in [0.25, 0.3) is 0 Å². The molecule has 0 saturated heterocycles. The van der Waals surface area contributed by atoms with E-state index >= 15 is 0 Å². The summed E-state index contributed by atoms with van der Waals surface area (Å²) in [5, 5.41) is 6.77. The van der Waals surface area contributed by atoms with Crippen LogP contribution < -0.4 is 5.14 Å². The zero-order chi connectivity index (χ0) is 9.35. The SMILES string of the molecule is [NH]S(=O)(=O)c1cccc(Cl)c1Cl. The van der Waals surface area contributed by atoms with Gasteiger partial charge in [-0.05, 0) is 12.1 Å². The molecule has 0 atom stereocenters. The van der Waals surface area contributed by atoms with Crippen molar-refractivity contribution in [2.75, 3.05) is 0 Å². The molecule has 1 aromatic carbocycles. The number of halogens is 2. The zero-order valence-corrected chi connectivity index (χ0v) is 8.04. The van der Waals surface area contributed by atoms with Crippen molar-refractivity contribution in [2.24, 2.45) is 0 Å². The number of rotatable bonds is 1. The average molecular weight is 225 g/mol. The third-order valence-electron chi connectivity index (χ3n) is 1.21. The van der Waals surface area contributed by atoms with Gasteiger partial charge in [0.25, 0.3) is 10.0 Å². The molecule has 0 aliphatic heterocycles. The summed E-state index contributed by atoms with van der Waals surface area (Å²) in [4.78, 5) is -0.267. The average Bonchev–Trinajstić information content (AvgIpc) is 1.92. The number of hydrogen-bond donors (Lipinski definition) is 0. The highest BCUT2D eigenvalue weighted by Crippen LogP contribution is 2.28.